The van der Waals surface area contributed by atoms with Crippen molar-refractivity contribution in [3.8, 4) is 84.5 Å². The normalized spacial score (nSPS) is 11.8. The fourth-order valence-corrected chi connectivity index (χ4v) is 15.4. The molecule has 18 aromatic rings. The zero-order valence-corrected chi connectivity index (χ0v) is 52.4. The Bertz CT molecular complexity index is 6170. The first-order valence-electron chi connectivity index (χ1n) is 32.2. The van der Waals surface area contributed by atoms with Crippen LogP contribution in [0.25, 0.3) is 166 Å². The third kappa shape index (κ3) is 8.45. The minimum atomic E-state index is 0.574. The van der Waals surface area contributed by atoms with Crippen LogP contribution in [0.15, 0.2) is 291 Å². The van der Waals surface area contributed by atoms with Crippen LogP contribution in [-0.4, -0.2) is 23.3 Å². The van der Waals surface area contributed by atoms with Gasteiger partial charge in [0.1, 0.15) is 6.07 Å². The zero-order chi connectivity index (χ0) is 62.9. The number of nitriles is 1. The highest BCUT2D eigenvalue weighted by Crippen LogP contribution is 2.54. The van der Waals surface area contributed by atoms with Crippen LogP contribution in [-0.2, 0) is 0 Å². The number of benzene rings is 13. The third-order valence-electron chi connectivity index (χ3n) is 19.5. The summed E-state index contributed by atoms with van der Waals surface area (Å²) in [6.45, 7) is 8.65. The molecule has 0 aliphatic heterocycles. The number of aromatic nitrogens is 5. The van der Waals surface area contributed by atoms with Gasteiger partial charge in [0.05, 0.1) is 49.7 Å². The number of para-hydroxylation sites is 4. The average Bonchev–Trinajstić information content (AvgIpc) is 0.945. The summed E-state index contributed by atoms with van der Waals surface area (Å²) in [6, 6.07) is 105. The quantitative estimate of drug-likeness (QED) is 0.145. The summed E-state index contributed by atoms with van der Waals surface area (Å²) in [5.74, 6) is 0. The minimum Gasteiger partial charge on any atom is -0.309 e. The molecule has 0 aliphatic rings. The second-order valence-corrected chi connectivity index (χ2v) is 25.3. The summed E-state index contributed by atoms with van der Waals surface area (Å²) in [7, 11) is 0. The van der Waals surface area contributed by atoms with Crippen molar-refractivity contribution < 1.29 is 0 Å². The summed E-state index contributed by atoms with van der Waals surface area (Å²) >= 11 is 0. The molecule has 94 heavy (non-hydrogen) atoms. The highest BCUT2D eigenvalue weighted by Gasteiger charge is 2.30. The standard InChI is InChI=1S/C88H60N6/c1-54-21-41-80-71(49-54)67-13-5-9-17-76(67)91(80)63-33-25-58(26-34-63)84-75(53-89)85(59-27-35-64(36-28-59)92-77-18-10-6-14-68(77)72-50-55(2)22-42-81(72)92)87(62-45-47-90-48-46-62)88(61-31-39-66(40-32-61)94-79-20-12-8-16-70(79)74-52-57(4)24-44-83(74)94)86(84)60-29-37-65(38-30-60)93-78-19-11-7-15-69(78)73-51-56(3)23-43-82(73)93/h5-52H,1-4H3. The Morgan fingerprint density at radius 1 is 0.245 bits per heavy atom. The van der Waals surface area contributed by atoms with E-state index in [0.717, 1.165) is 123 Å². The number of nitrogens with zero attached hydrogens (tertiary/aromatic N) is 6. The van der Waals surface area contributed by atoms with Crippen LogP contribution in [0.3, 0.4) is 0 Å². The summed E-state index contributed by atoms with van der Waals surface area (Å²) in [4.78, 5) is 4.63. The molecule has 6 heteroatoms. The number of hydrogen-bond donors (Lipinski definition) is 0. The summed E-state index contributed by atoms with van der Waals surface area (Å²) in [5, 5.41) is 22.2. The van der Waals surface area contributed by atoms with Gasteiger partial charge in [-0.1, -0.05) is 168 Å². The Kier molecular flexibility index (Phi) is 12.4. The molecule has 0 saturated carbocycles. The van der Waals surface area contributed by atoms with E-state index in [-0.39, 0.29) is 0 Å². The molecule has 0 amide bonds. The smallest absolute Gasteiger partial charge is 0.100 e. The molecule has 0 fully saturated rings. The van der Waals surface area contributed by atoms with Gasteiger partial charge in [0.15, 0.2) is 0 Å². The predicted octanol–water partition coefficient (Wildman–Crippen LogP) is 22.9. The summed E-state index contributed by atoms with van der Waals surface area (Å²) < 4.78 is 9.52. The maximum Gasteiger partial charge on any atom is 0.100 e. The van der Waals surface area contributed by atoms with E-state index in [0.29, 0.717) is 5.56 Å². The lowest BCUT2D eigenvalue weighted by molar-refractivity contribution is 1.18. The fraction of sp³-hybridized carbons (Fsp3) is 0.0455. The fourth-order valence-electron chi connectivity index (χ4n) is 15.4. The molecule has 0 bridgehead atoms. The first kappa shape index (κ1) is 54.6. The van der Waals surface area contributed by atoms with Gasteiger partial charge in [-0.15, -0.1) is 0 Å². The van der Waals surface area contributed by atoms with E-state index < -0.39 is 0 Å². The van der Waals surface area contributed by atoms with Crippen LogP contribution in [0.2, 0.25) is 0 Å². The second-order valence-electron chi connectivity index (χ2n) is 25.3. The van der Waals surface area contributed by atoms with E-state index in [9.17, 15) is 5.26 Å². The van der Waals surface area contributed by atoms with E-state index in [1.807, 2.05) is 12.4 Å². The summed E-state index contributed by atoms with van der Waals surface area (Å²) in [5.41, 5.74) is 28.1. The Balaban J connectivity index is 0.932. The van der Waals surface area contributed by atoms with E-state index in [1.165, 1.54) is 65.3 Å². The SMILES string of the molecule is Cc1ccc2c(c1)c1ccccc1n2-c1ccc(-c2c(C#N)c(-c3ccc(-n4c5ccccc5c5cc(C)ccc54)cc3)c(-c3ccc(-n4c5ccccc5c5cc(C)ccc54)cc3)c(-c3ccc(-n4c5ccccc5c5cc(C)ccc54)cc3)c2-c2ccncc2)cc1. The van der Waals surface area contributed by atoms with Gasteiger partial charge in [0, 0.05) is 89.4 Å². The Morgan fingerprint density at radius 2 is 0.479 bits per heavy atom. The number of aryl methyl sites for hydroxylation is 4. The number of fused-ring (bicyclic) bond motifs is 12. The predicted molar refractivity (Wildman–Crippen MR) is 392 cm³/mol. The summed E-state index contributed by atoms with van der Waals surface area (Å²) in [6.07, 6.45) is 3.75. The van der Waals surface area contributed by atoms with Crippen LogP contribution < -0.4 is 0 Å². The van der Waals surface area contributed by atoms with Crippen molar-refractivity contribution in [1.29, 1.82) is 5.26 Å². The van der Waals surface area contributed by atoms with Crippen molar-refractivity contribution in [2.45, 2.75) is 27.7 Å². The molecular formula is C88H60N6. The minimum absolute atomic E-state index is 0.574. The van der Waals surface area contributed by atoms with Gasteiger partial charge in [-0.2, -0.15) is 5.26 Å². The molecule has 5 aromatic heterocycles. The van der Waals surface area contributed by atoms with Gasteiger partial charge in [-0.05, 0) is 206 Å². The van der Waals surface area contributed by atoms with Crippen LogP contribution in [0.4, 0.5) is 0 Å². The third-order valence-corrected chi connectivity index (χ3v) is 19.5. The number of pyridine rings is 1. The van der Waals surface area contributed by atoms with Crippen molar-refractivity contribution >= 4 is 87.2 Å². The van der Waals surface area contributed by atoms with E-state index in [2.05, 4.69) is 336 Å². The van der Waals surface area contributed by atoms with Gasteiger partial charge in [-0.3, -0.25) is 4.98 Å². The van der Waals surface area contributed by atoms with Crippen molar-refractivity contribution in [2.75, 3.05) is 0 Å². The monoisotopic (exact) mass is 1200 g/mol. The largest absolute Gasteiger partial charge is 0.309 e. The highest BCUT2D eigenvalue weighted by atomic mass is 15.0. The van der Waals surface area contributed by atoms with Crippen molar-refractivity contribution in [3.05, 3.63) is 319 Å². The van der Waals surface area contributed by atoms with Crippen LogP contribution in [0.5, 0.6) is 0 Å². The van der Waals surface area contributed by atoms with E-state index in [1.54, 1.807) is 0 Å². The molecule has 0 radical (unpaired) electrons. The number of rotatable bonds is 9. The second kappa shape index (κ2) is 21.4. The molecular weight excluding hydrogens is 1140 g/mol. The number of hydrogen-bond acceptors (Lipinski definition) is 2. The van der Waals surface area contributed by atoms with Crippen molar-refractivity contribution in [2.24, 2.45) is 0 Å². The average molecular weight is 1200 g/mol. The Hall–Kier alpha value is -12.3. The van der Waals surface area contributed by atoms with Crippen LogP contribution in [0, 0.1) is 39.0 Å². The van der Waals surface area contributed by atoms with E-state index in [4.69, 9.17) is 0 Å². The maximum atomic E-state index is 12.5. The zero-order valence-electron chi connectivity index (χ0n) is 52.4. The molecule has 5 heterocycles. The van der Waals surface area contributed by atoms with Gasteiger partial charge in [0.25, 0.3) is 0 Å². The molecule has 442 valence electrons. The van der Waals surface area contributed by atoms with Crippen LogP contribution in [0.1, 0.15) is 27.8 Å². The molecule has 0 N–H and O–H groups in total. The maximum absolute atomic E-state index is 12.5. The first-order chi connectivity index (χ1) is 46.2. The van der Waals surface area contributed by atoms with Gasteiger partial charge >= 0.3 is 0 Å². The Labute approximate surface area is 544 Å². The molecule has 0 saturated heterocycles. The van der Waals surface area contributed by atoms with Crippen molar-refractivity contribution in [3.63, 3.8) is 0 Å². The van der Waals surface area contributed by atoms with Crippen molar-refractivity contribution in [1.82, 2.24) is 23.3 Å². The van der Waals surface area contributed by atoms with Gasteiger partial charge < -0.3 is 18.3 Å². The highest BCUT2D eigenvalue weighted by molar-refractivity contribution is 6.15. The molecule has 6 nitrogen and oxygen atoms in total. The Morgan fingerprint density at radius 3 is 0.755 bits per heavy atom. The molecule has 18 rings (SSSR count). The lowest BCUT2D eigenvalue weighted by Gasteiger charge is -2.26. The topological polar surface area (TPSA) is 56.4 Å². The molecule has 0 spiro atoms. The molecule has 0 aliphatic carbocycles. The van der Waals surface area contributed by atoms with E-state index >= 15 is 0 Å². The molecule has 13 aromatic carbocycles. The van der Waals surface area contributed by atoms with Crippen LogP contribution >= 0.6 is 0 Å². The lowest BCUT2D eigenvalue weighted by atomic mass is 9.76. The lowest BCUT2D eigenvalue weighted by Crippen LogP contribution is -2.03. The molecule has 0 unspecified atom stereocenters. The van der Waals surface area contributed by atoms with Gasteiger partial charge in [-0.25, -0.2) is 0 Å². The first-order valence-corrected chi connectivity index (χ1v) is 32.2. The van der Waals surface area contributed by atoms with Gasteiger partial charge in [0.2, 0.25) is 0 Å². The molecule has 0 atom stereocenters.